The van der Waals surface area contributed by atoms with Crippen molar-refractivity contribution in [3.8, 4) is 0 Å². The summed E-state index contributed by atoms with van der Waals surface area (Å²) in [6, 6.07) is 13.8. The highest BCUT2D eigenvalue weighted by Crippen LogP contribution is 2.25. The minimum Gasteiger partial charge on any atom is -0.367 e. The topological polar surface area (TPSA) is 79.8 Å². The van der Waals surface area contributed by atoms with Crippen molar-refractivity contribution in [2.75, 3.05) is 12.4 Å². The monoisotopic (exact) mass is 407 g/mol. The van der Waals surface area contributed by atoms with Gasteiger partial charge in [0, 0.05) is 18.5 Å². The normalized spacial score (nSPS) is 12.4. The van der Waals surface area contributed by atoms with Crippen molar-refractivity contribution in [2.45, 2.75) is 19.4 Å². The Hall–Kier alpha value is -2.41. The van der Waals surface area contributed by atoms with Crippen LogP contribution in [0.5, 0.6) is 0 Å². The summed E-state index contributed by atoms with van der Waals surface area (Å²) in [6.45, 7) is 1.64. The number of nitrogens with one attached hydrogen (secondary N) is 2. The van der Waals surface area contributed by atoms with E-state index < -0.39 is 12.0 Å². The van der Waals surface area contributed by atoms with E-state index in [1.165, 1.54) is 7.11 Å². The Morgan fingerprint density at radius 2 is 1.81 bits per heavy atom. The highest BCUT2D eigenvalue weighted by molar-refractivity contribution is 6.42. The zero-order valence-electron chi connectivity index (χ0n) is 14.8. The van der Waals surface area contributed by atoms with E-state index in [1.54, 1.807) is 37.3 Å². The average molecular weight is 408 g/mol. The molecule has 0 heterocycles. The first-order chi connectivity index (χ1) is 12.9. The first kappa shape index (κ1) is 20.9. The third-order valence-corrected chi connectivity index (χ3v) is 4.29. The Bertz CT molecular complexity index is 841. The van der Waals surface area contributed by atoms with Gasteiger partial charge in [-0.25, -0.2) is 5.43 Å². The minimum absolute atomic E-state index is 0.00348. The van der Waals surface area contributed by atoms with Crippen LogP contribution in [0.4, 0.5) is 5.69 Å². The molecule has 1 unspecified atom stereocenters. The van der Waals surface area contributed by atoms with Gasteiger partial charge in [-0.05, 0) is 30.7 Å². The molecular formula is C19H19Cl2N3O3. The molecule has 27 heavy (non-hydrogen) atoms. The van der Waals surface area contributed by atoms with E-state index in [-0.39, 0.29) is 12.3 Å². The van der Waals surface area contributed by atoms with Crippen LogP contribution in [-0.2, 0) is 14.3 Å². The zero-order chi connectivity index (χ0) is 19.8. The summed E-state index contributed by atoms with van der Waals surface area (Å²) in [5.74, 6) is -0.719. The van der Waals surface area contributed by atoms with Gasteiger partial charge >= 0.3 is 0 Å². The second-order valence-corrected chi connectivity index (χ2v) is 6.52. The molecule has 0 fully saturated rings. The SMILES string of the molecule is COC(C(=O)NN=C(C)CC(=O)Nc1ccc(Cl)c(Cl)c1)c1ccccc1. The second-order valence-electron chi connectivity index (χ2n) is 5.70. The summed E-state index contributed by atoms with van der Waals surface area (Å²) in [5.41, 5.74) is 4.09. The number of rotatable bonds is 7. The van der Waals surface area contributed by atoms with E-state index in [0.717, 1.165) is 0 Å². The Labute approximate surface area is 167 Å². The molecule has 8 heteroatoms. The van der Waals surface area contributed by atoms with Crippen molar-refractivity contribution in [3.05, 3.63) is 64.1 Å². The molecule has 2 amide bonds. The van der Waals surface area contributed by atoms with Gasteiger partial charge in [0.1, 0.15) is 0 Å². The number of methoxy groups -OCH3 is 1. The summed E-state index contributed by atoms with van der Waals surface area (Å²) >= 11 is 11.8. The quantitative estimate of drug-likeness (QED) is 0.532. The largest absolute Gasteiger partial charge is 0.367 e. The number of carbonyl (C=O) groups excluding carboxylic acids is 2. The number of anilines is 1. The van der Waals surface area contributed by atoms with Gasteiger partial charge in [0.05, 0.1) is 16.5 Å². The number of hydrazone groups is 1. The van der Waals surface area contributed by atoms with E-state index in [2.05, 4.69) is 15.8 Å². The lowest BCUT2D eigenvalue weighted by Gasteiger charge is -2.14. The third-order valence-electron chi connectivity index (χ3n) is 3.55. The van der Waals surface area contributed by atoms with E-state index in [1.807, 2.05) is 18.2 Å². The number of hydrogen-bond donors (Lipinski definition) is 2. The predicted molar refractivity (Wildman–Crippen MR) is 107 cm³/mol. The van der Waals surface area contributed by atoms with Gasteiger partial charge in [-0.3, -0.25) is 9.59 Å². The number of nitrogens with zero attached hydrogens (tertiary/aromatic N) is 1. The van der Waals surface area contributed by atoms with Gasteiger partial charge in [-0.2, -0.15) is 5.10 Å². The molecule has 0 aliphatic carbocycles. The van der Waals surface area contributed by atoms with Crippen LogP contribution in [-0.4, -0.2) is 24.6 Å². The molecule has 6 nitrogen and oxygen atoms in total. The number of halogens is 2. The molecule has 2 aromatic carbocycles. The highest BCUT2D eigenvalue weighted by atomic mass is 35.5. The van der Waals surface area contributed by atoms with Crippen LogP contribution >= 0.6 is 23.2 Å². The Morgan fingerprint density at radius 1 is 1.11 bits per heavy atom. The van der Waals surface area contributed by atoms with Gasteiger partial charge in [-0.15, -0.1) is 0 Å². The van der Waals surface area contributed by atoms with Crippen LogP contribution < -0.4 is 10.7 Å². The first-order valence-corrected chi connectivity index (χ1v) is 8.82. The summed E-state index contributed by atoms with van der Waals surface area (Å²) in [6.07, 6.45) is -0.781. The third kappa shape index (κ3) is 6.36. The molecule has 0 spiro atoms. The number of amides is 2. The molecule has 0 aromatic heterocycles. The van der Waals surface area contributed by atoms with Gasteiger partial charge in [-0.1, -0.05) is 53.5 Å². The van der Waals surface area contributed by atoms with Crippen molar-refractivity contribution in [1.82, 2.24) is 5.43 Å². The first-order valence-electron chi connectivity index (χ1n) is 8.06. The maximum Gasteiger partial charge on any atom is 0.273 e. The Balaban J connectivity index is 1.91. The maximum absolute atomic E-state index is 12.3. The molecular weight excluding hydrogens is 389 g/mol. The Kier molecular flexibility index (Phi) is 7.79. The van der Waals surface area contributed by atoms with Crippen LogP contribution in [0, 0.1) is 0 Å². The lowest BCUT2D eigenvalue weighted by molar-refractivity contribution is -0.131. The van der Waals surface area contributed by atoms with E-state index in [4.69, 9.17) is 27.9 Å². The van der Waals surface area contributed by atoms with E-state index in [0.29, 0.717) is 27.0 Å². The van der Waals surface area contributed by atoms with Crippen molar-refractivity contribution in [1.29, 1.82) is 0 Å². The summed E-state index contributed by atoms with van der Waals surface area (Å²) in [5, 5.41) is 7.40. The van der Waals surface area contributed by atoms with Crippen molar-refractivity contribution >= 4 is 46.4 Å². The summed E-state index contributed by atoms with van der Waals surface area (Å²) in [7, 11) is 1.44. The highest BCUT2D eigenvalue weighted by Gasteiger charge is 2.19. The summed E-state index contributed by atoms with van der Waals surface area (Å²) in [4.78, 5) is 24.3. The number of benzene rings is 2. The molecule has 2 N–H and O–H groups in total. The number of carbonyl (C=O) groups is 2. The molecule has 0 radical (unpaired) electrons. The van der Waals surface area contributed by atoms with Crippen molar-refractivity contribution in [3.63, 3.8) is 0 Å². The molecule has 0 saturated heterocycles. The van der Waals surface area contributed by atoms with Gasteiger partial charge in [0.25, 0.3) is 5.91 Å². The minimum atomic E-state index is -0.784. The van der Waals surface area contributed by atoms with Crippen LogP contribution in [0.1, 0.15) is 25.0 Å². The maximum atomic E-state index is 12.3. The number of ether oxygens (including phenoxy) is 1. The zero-order valence-corrected chi connectivity index (χ0v) is 16.3. The average Bonchev–Trinajstić information content (AvgIpc) is 2.64. The lowest BCUT2D eigenvalue weighted by atomic mass is 10.1. The molecule has 0 aliphatic heterocycles. The van der Waals surface area contributed by atoms with Crippen molar-refractivity contribution in [2.24, 2.45) is 5.10 Å². The van der Waals surface area contributed by atoms with Gasteiger partial charge in [0.2, 0.25) is 5.91 Å². The van der Waals surface area contributed by atoms with Crippen LogP contribution in [0.15, 0.2) is 53.6 Å². The standard InChI is InChI=1S/C19H19Cl2N3O3/c1-12(10-17(25)22-14-8-9-15(20)16(21)11-14)23-24-19(26)18(27-2)13-6-4-3-5-7-13/h3-9,11,18H,10H2,1-2H3,(H,22,25)(H,24,26). The second kappa shape index (κ2) is 10.1. The van der Waals surface area contributed by atoms with E-state index in [9.17, 15) is 9.59 Å². The molecule has 142 valence electrons. The van der Waals surface area contributed by atoms with Crippen LogP contribution in [0.3, 0.4) is 0 Å². The fourth-order valence-electron chi connectivity index (χ4n) is 2.28. The predicted octanol–water partition coefficient (Wildman–Crippen LogP) is 4.20. The smallest absolute Gasteiger partial charge is 0.273 e. The van der Waals surface area contributed by atoms with Crippen LogP contribution in [0.25, 0.3) is 0 Å². The Morgan fingerprint density at radius 3 is 2.44 bits per heavy atom. The molecule has 2 rings (SSSR count). The number of hydrogen-bond acceptors (Lipinski definition) is 4. The molecule has 0 bridgehead atoms. The molecule has 0 saturated carbocycles. The van der Waals surface area contributed by atoms with E-state index >= 15 is 0 Å². The lowest BCUT2D eigenvalue weighted by Crippen LogP contribution is -2.28. The fourth-order valence-corrected chi connectivity index (χ4v) is 2.58. The van der Waals surface area contributed by atoms with Gasteiger partial charge in [0.15, 0.2) is 6.10 Å². The molecule has 2 aromatic rings. The molecule has 1 atom stereocenters. The van der Waals surface area contributed by atoms with Crippen molar-refractivity contribution < 1.29 is 14.3 Å². The van der Waals surface area contributed by atoms with Crippen LogP contribution in [0.2, 0.25) is 10.0 Å². The fraction of sp³-hybridized carbons (Fsp3) is 0.211. The molecule has 0 aliphatic rings. The van der Waals surface area contributed by atoms with Gasteiger partial charge < -0.3 is 10.1 Å². The summed E-state index contributed by atoms with van der Waals surface area (Å²) < 4.78 is 5.23.